The Morgan fingerprint density at radius 2 is 1.48 bits per heavy atom. The summed E-state index contributed by atoms with van der Waals surface area (Å²) in [6.07, 6.45) is -0.285. The van der Waals surface area contributed by atoms with Crippen LogP contribution in [0.15, 0.2) is 0 Å². The first-order valence-electron chi connectivity index (χ1n) is 6.66. The number of rotatable bonds is 8. The van der Waals surface area contributed by atoms with E-state index in [0.717, 1.165) is 0 Å². The summed E-state index contributed by atoms with van der Waals surface area (Å²) in [6, 6.07) is 0. The fourth-order valence-corrected chi connectivity index (χ4v) is 2.55. The van der Waals surface area contributed by atoms with Crippen LogP contribution in [-0.4, -0.2) is 36.4 Å². The second-order valence-electron chi connectivity index (χ2n) is 4.61. The smallest absolute Gasteiger partial charge is 0.441 e. The van der Waals surface area contributed by atoms with Gasteiger partial charge in [-0.1, -0.05) is 25.6 Å². The fourth-order valence-electron chi connectivity index (χ4n) is 1.90. The van der Waals surface area contributed by atoms with Crippen LogP contribution in [0, 0.1) is 11.3 Å². The molecule has 0 heterocycles. The fraction of sp³-hybridized carbons (Fsp3) is 0.846. The normalized spacial score (nSPS) is 12.4. The average molecular weight is 330 g/mol. The third-order valence-electron chi connectivity index (χ3n) is 3.03. The summed E-state index contributed by atoms with van der Waals surface area (Å²) >= 11 is -0.267. The van der Waals surface area contributed by atoms with Crippen molar-refractivity contribution in [2.45, 2.75) is 39.6 Å². The topological polar surface area (TPSA) is 52.6 Å². The molecule has 0 spiro atoms. The SMILES string of the molecule is CCOC(=O)C(CCSC(F)(F)F)(C(=O)OCC)C(C)C. The van der Waals surface area contributed by atoms with E-state index in [1.165, 1.54) is 0 Å². The van der Waals surface area contributed by atoms with Gasteiger partial charge in [0.2, 0.25) is 0 Å². The average Bonchev–Trinajstić information content (AvgIpc) is 2.33. The molecular formula is C13H21F3O4S. The van der Waals surface area contributed by atoms with Crippen LogP contribution in [0.25, 0.3) is 0 Å². The lowest BCUT2D eigenvalue weighted by molar-refractivity contribution is -0.176. The summed E-state index contributed by atoms with van der Waals surface area (Å²) in [7, 11) is 0. The summed E-state index contributed by atoms with van der Waals surface area (Å²) in [5.74, 6) is -2.62. The third-order valence-corrected chi connectivity index (χ3v) is 3.76. The molecule has 0 amide bonds. The number of hydrogen-bond acceptors (Lipinski definition) is 5. The number of ether oxygens (including phenoxy) is 2. The van der Waals surface area contributed by atoms with Crippen LogP contribution in [0.2, 0.25) is 0 Å². The van der Waals surface area contributed by atoms with Gasteiger partial charge in [-0.05, 0) is 26.2 Å². The molecule has 0 rings (SSSR count). The highest BCUT2D eigenvalue weighted by atomic mass is 32.2. The summed E-state index contributed by atoms with van der Waals surface area (Å²) < 4.78 is 46.6. The monoisotopic (exact) mass is 330 g/mol. The lowest BCUT2D eigenvalue weighted by atomic mass is 9.75. The van der Waals surface area contributed by atoms with Crippen LogP contribution < -0.4 is 0 Å². The first kappa shape index (κ1) is 20.1. The van der Waals surface area contributed by atoms with E-state index in [1.807, 2.05) is 0 Å². The second kappa shape index (κ2) is 8.51. The van der Waals surface area contributed by atoms with Crippen molar-refractivity contribution in [1.82, 2.24) is 0 Å². The molecule has 0 N–H and O–H groups in total. The van der Waals surface area contributed by atoms with Gasteiger partial charge in [-0.25, -0.2) is 0 Å². The molecule has 0 aromatic carbocycles. The van der Waals surface area contributed by atoms with Crippen LogP contribution >= 0.6 is 11.8 Å². The first-order chi connectivity index (χ1) is 9.61. The van der Waals surface area contributed by atoms with Crippen molar-refractivity contribution in [3.8, 4) is 0 Å². The van der Waals surface area contributed by atoms with Crippen molar-refractivity contribution in [1.29, 1.82) is 0 Å². The van der Waals surface area contributed by atoms with Crippen molar-refractivity contribution >= 4 is 23.7 Å². The van der Waals surface area contributed by atoms with Gasteiger partial charge in [-0.3, -0.25) is 9.59 Å². The van der Waals surface area contributed by atoms with E-state index < -0.39 is 34.5 Å². The number of carbonyl (C=O) groups excluding carboxylic acids is 2. The molecule has 0 unspecified atom stereocenters. The Labute approximate surface area is 126 Å². The van der Waals surface area contributed by atoms with Gasteiger partial charge in [0, 0.05) is 5.75 Å². The molecule has 0 saturated heterocycles. The minimum atomic E-state index is -4.41. The Morgan fingerprint density at radius 1 is 1.05 bits per heavy atom. The molecule has 0 atom stereocenters. The van der Waals surface area contributed by atoms with Crippen LogP contribution in [0.1, 0.15) is 34.1 Å². The first-order valence-corrected chi connectivity index (χ1v) is 7.65. The van der Waals surface area contributed by atoms with Crippen LogP contribution in [0.3, 0.4) is 0 Å². The summed E-state index contributed by atoms with van der Waals surface area (Å²) in [5, 5.41) is 0. The summed E-state index contributed by atoms with van der Waals surface area (Å²) in [4.78, 5) is 24.3. The van der Waals surface area contributed by atoms with Crippen LogP contribution in [-0.2, 0) is 19.1 Å². The van der Waals surface area contributed by atoms with E-state index in [1.54, 1.807) is 27.7 Å². The summed E-state index contributed by atoms with van der Waals surface area (Å²) in [5.41, 5.74) is -6.11. The number of esters is 2. The van der Waals surface area contributed by atoms with Gasteiger partial charge in [-0.2, -0.15) is 13.2 Å². The Morgan fingerprint density at radius 3 is 1.76 bits per heavy atom. The predicted octanol–water partition coefficient (Wildman–Crippen LogP) is 3.40. The van der Waals surface area contributed by atoms with Gasteiger partial charge in [0.05, 0.1) is 13.2 Å². The maximum absolute atomic E-state index is 12.3. The predicted molar refractivity (Wildman–Crippen MR) is 73.7 cm³/mol. The highest BCUT2D eigenvalue weighted by Gasteiger charge is 2.51. The van der Waals surface area contributed by atoms with E-state index in [4.69, 9.17) is 9.47 Å². The molecule has 0 aromatic heterocycles. The molecule has 0 aromatic rings. The molecule has 0 radical (unpaired) electrons. The zero-order valence-corrected chi connectivity index (χ0v) is 13.4. The number of alkyl halides is 3. The van der Waals surface area contributed by atoms with Gasteiger partial charge >= 0.3 is 17.4 Å². The van der Waals surface area contributed by atoms with Gasteiger partial charge in [0.15, 0.2) is 5.41 Å². The molecule has 124 valence electrons. The third kappa shape index (κ3) is 5.76. The second-order valence-corrected chi connectivity index (χ2v) is 5.77. The van der Waals surface area contributed by atoms with Gasteiger partial charge in [0.1, 0.15) is 0 Å². The molecule has 0 aliphatic carbocycles. The maximum Gasteiger partial charge on any atom is 0.441 e. The molecule has 0 saturated carbocycles. The largest absolute Gasteiger partial charge is 0.465 e. The molecule has 8 heteroatoms. The Kier molecular flexibility index (Phi) is 8.13. The van der Waals surface area contributed by atoms with E-state index in [-0.39, 0.29) is 31.4 Å². The van der Waals surface area contributed by atoms with Gasteiger partial charge in [0.25, 0.3) is 0 Å². The minimum Gasteiger partial charge on any atom is -0.465 e. The Hall–Kier alpha value is -0.920. The molecule has 0 aliphatic heterocycles. The lowest BCUT2D eigenvalue weighted by Gasteiger charge is -2.32. The number of halogens is 3. The van der Waals surface area contributed by atoms with Crippen LogP contribution in [0.5, 0.6) is 0 Å². The van der Waals surface area contributed by atoms with Crippen molar-refractivity contribution in [2.24, 2.45) is 11.3 Å². The molecule has 0 bridgehead atoms. The van der Waals surface area contributed by atoms with Crippen LogP contribution in [0.4, 0.5) is 13.2 Å². The molecule has 21 heavy (non-hydrogen) atoms. The van der Waals surface area contributed by atoms with Gasteiger partial charge in [-0.15, -0.1) is 0 Å². The maximum atomic E-state index is 12.3. The van der Waals surface area contributed by atoms with E-state index in [2.05, 4.69) is 0 Å². The summed E-state index contributed by atoms with van der Waals surface area (Å²) in [6.45, 7) is 6.40. The highest BCUT2D eigenvalue weighted by molar-refractivity contribution is 8.00. The van der Waals surface area contributed by atoms with Crippen molar-refractivity contribution < 1.29 is 32.2 Å². The quantitative estimate of drug-likeness (QED) is 0.504. The molecule has 4 nitrogen and oxygen atoms in total. The zero-order valence-electron chi connectivity index (χ0n) is 12.6. The Balaban J connectivity index is 5.28. The zero-order chi connectivity index (χ0) is 16.7. The highest BCUT2D eigenvalue weighted by Crippen LogP contribution is 2.39. The van der Waals surface area contributed by atoms with Crippen molar-refractivity contribution in [3.63, 3.8) is 0 Å². The van der Waals surface area contributed by atoms with Gasteiger partial charge < -0.3 is 9.47 Å². The lowest BCUT2D eigenvalue weighted by Crippen LogP contribution is -2.46. The number of hydrogen-bond donors (Lipinski definition) is 0. The van der Waals surface area contributed by atoms with E-state index in [0.29, 0.717) is 0 Å². The molecule has 0 fully saturated rings. The van der Waals surface area contributed by atoms with E-state index in [9.17, 15) is 22.8 Å². The number of thioether (sulfide) groups is 1. The minimum absolute atomic E-state index is 0.0408. The molecule has 0 aliphatic rings. The van der Waals surface area contributed by atoms with E-state index >= 15 is 0 Å². The van der Waals surface area contributed by atoms with Crippen molar-refractivity contribution in [2.75, 3.05) is 19.0 Å². The Bertz CT molecular complexity index is 338. The molecular weight excluding hydrogens is 309 g/mol. The number of carbonyl (C=O) groups is 2. The van der Waals surface area contributed by atoms with Crippen molar-refractivity contribution in [3.05, 3.63) is 0 Å². The standard InChI is InChI=1S/C13H21F3O4S/c1-5-19-10(17)12(9(3)4,11(18)20-6-2)7-8-21-13(14,15)16/h9H,5-8H2,1-4H3.